The number of nitrogens with one attached hydrogen (secondary N) is 2. The third-order valence-electron chi connectivity index (χ3n) is 5.12. The Balaban J connectivity index is 1.26. The predicted molar refractivity (Wildman–Crippen MR) is 124 cm³/mol. The second kappa shape index (κ2) is 10.4. The number of carbonyl (C=O) groups excluding carboxylic acids is 2. The van der Waals surface area contributed by atoms with Crippen molar-refractivity contribution in [3.05, 3.63) is 59.9 Å². The second-order valence-corrected chi connectivity index (χ2v) is 8.33. The zero-order valence-electron chi connectivity index (χ0n) is 18.4. The molecule has 4 rings (SSSR count). The van der Waals surface area contributed by atoms with Crippen molar-refractivity contribution >= 4 is 29.3 Å². The van der Waals surface area contributed by atoms with Crippen molar-refractivity contribution in [1.82, 2.24) is 20.1 Å². The fourth-order valence-corrected chi connectivity index (χ4v) is 4.13. The second-order valence-electron chi connectivity index (χ2n) is 7.39. The van der Waals surface area contributed by atoms with Gasteiger partial charge in [-0.3, -0.25) is 9.59 Å². The summed E-state index contributed by atoms with van der Waals surface area (Å²) >= 11 is 1.24. The molecule has 1 aliphatic heterocycles. The number of para-hydroxylation sites is 3. The van der Waals surface area contributed by atoms with E-state index in [2.05, 4.69) is 20.8 Å². The first-order valence-electron chi connectivity index (χ1n) is 10.6. The molecule has 1 aromatic heterocycles. The van der Waals surface area contributed by atoms with E-state index in [4.69, 9.17) is 9.47 Å². The normalized spacial score (nSPS) is 14.5. The van der Waals surface area contributed by atoms with Crippen molar-refractivity contribution in [3.8, 4) is 11.5 Å². The molecule has 33 heavy (non-hydrogen) atoms. The molecule has 9 nitrogen and oxygen atoms in total. The molecule has 2 amide bonds. The lowest BCUT2D eigenvalue weighted by molar-refractivity contribution is -0.122. The standard InChI is InChI=1S/C23H25N5O4S/c1-3-15-8-4-5-9-16(15)25-20(29)12-24-21(30)14-33-23-27-26-22(28(23)2)19-13-31-17-10-6-7-11-18(17)32-19/h4-11,19H,3,12-14H2,1-2H3,(H,24,30)(H,25,29). The molecular formula is C23H25N5O4S. The van der Waals surface area contributed by atoms with Crippen LogP contribution < -0.4 is 20.1 Å². The monoisotopic (exact) mass is 467 g/mol. The van der Waals surface area contributed by atoms with Gasteiger partial charge in [-0.15, -0.1) is 10.2 Å². The molecule has 0 fully saturated rings. The number of hydrogen-bond donors (Lipinski definition) is 2. The van der Waals surface area contributed by atoms with Gasteiger partial charge in [-0.25, -0.2) is 0 Å². The van der Waals surface area contributed by atoms with Gasteiger partial charge < -0.3 is 24.7 Å². The van der Waals surface area contributed by atoms with Gasteiger partial charge in [0.25, 0.3) is 0 Å². The summed E-state index contributed by atoms with van der Waals surface area (Å²) in [7, 11) is 1.82. The van der Waals surface area contributed by atoms with Crippen LogP contribution in [0.4, 0.5) is 5.69 Å². The van der Waals surface area contributed by atoms with Gasteiger partial charge in [0, 0.05) is 12.7 Å². The van der Waals surface area contributed by atoms with E-state index in [0.29, 0.717) is 29.1 Å². The van der Waals surface area contributed by atoms with E-state index < -0.39 is 6.10 Å². The Kier molecular flexibility index (Phi) is 7.13. The van der Waals surface area contributed by atoms with Crippen LogP contribution in [0.25, 0.3) is 0 Å². The quantitative estimate of drug-likeness (QED) is 0.491. The van der Waals surface area contributed by atoms with Crippen LogP contribution in [0.2, 0.25) is 0 Å². The van der Waals surface area contributed by atoms with Gasteiger partial charge in [0.2, 0.25) is 11.8 Å². The number of aryl methyl sites for hydroxylation is 1. The maximum atomic E-state index is 12.2. The maximum absolute atomic E-state index is 12.2. The first kappa shape index (κ1) is 22.7. The highest BCUT2D eigenvalue weighted by Gasteiger charge is 2.27. The van der Waals surface area contributed by atoms with E-state index in [0.717, 1.165) is 17.7 Å². The van der Waals surface area contributed by atoms with Crippen LogP contribution in [-0.4, -0.2) is 45.5 Å². The first-order chi connectivity index (χ1) is 16.0. The van der Waals surface area contributed by atoms with E-state index in [1.807, 2.05) is 62.5 Å². The molecule has 0 spiro atoms. The summed E-state index contributed by atoms with van der Waals surface area (Å²) in [5.41, 5.74) is 1.80. The molecule has 172 valence electrons. The number of anilines is 1. The molecule has 10 heteroatoms. The lowest BCUT2D eigenvalue weighted by Gasteiger charge is -2.25. The molecule has 0 saturated heterocycles. The van der Waals surface area contributed by atoms with Gasteiger partial charge in [0.15, 0.2) is 28.6 Å². The van der Waals surface area contributed by atoms with Crippen LogP contribution in [0, 0.1) is 0 Å². The summed E-state index contributed by atoms with van der Waals surface area (Å²) in [6.07, 6.45) is 0.416. The minimum absolute atomic E-state index is 0.103. The summed E-state index contributed by atoms with van der Waals surface area (Å²) in [6, 6.07) is 15.1. The van der Waals surface area contributed by atoms with Crippen LogP contribution in [0.1, 0.15) is 24.4 Å². The molecule has 1 atom stereocenters. The van der Waals surface area contributed by atoms with Crippen LogP contribution >= 0.6 is 11.8 Å². The number of fused-ring (bicyclic) bond motifs is 1. The highest BCUT2D eigenvalue weighted by Crippen LogP contribution is 2.35. The Morgan fingerprint density at radius 2 is 1.85 bits per heavy atom. The third-order valence-corrected chi connectivity index (χ3v) is 6.14. The lowest BCUT2D eigenvalue weighted by atomic mass is 10.1. The number of rotatable bonds is 8. The van der Waals surface area contributed by atoms with E-state index in [1.54, 1.807) is 4.57 Å². The summed E-state index contributed by atoms with van der Waals surface area (Å²) < 4.78 is 13.5. The fourth-order valence-electron chi connectivity index (χ4n) is 3.38. The average Bonchev–Trinajstić information content (AvgIpc) is 3.21. The Hall–Kier alpha value is -3.53. The molecule has 1 unspecified atom stereocenters. The largest absolute Gasteiger partial charge is 0.485 e. The number of benzene rings is 2. The molecular weight excluding hydrogens is 442 g/mol. The number of nitrogens with zero attached hydrogens (tertiary/aromatic N) is 3. The zero-order valence-corrected chi connectivity index (χ0v) is 19.2. The van der Waals surface area contributed by atoms with Crippen molar-refractivity contribution in [2.45, 2.75) is 24.6 Å². The third kappa shape index (κ3) is 5.46. The minimum Gasteiger partial charge on any atom is -0.485 e. The number of amides is 2. The number of carbonyl (C=O) groups is 2. The number of aromatic nitrogens is 3. The molecule has 0 bridgehead atoms. The van der Waals surface area contributed by atoms with Gasteiger partial charge in [0.05, 0.1) is 12.3 Å². The van der Waals surface area contributed by atoms with E-state index in [1.165, 1.54) is 11.8 Å². The van der Waals surface area contributed by atoms with Gasteiger partial charge in [-0.1, -0.05) is 49.0 Å². The van der Waals surface area contributed by atoms with Gasteiger partial charge in [-0.05, 0) is 30.2 Å². The molecule has 3 aromatic rings. The first-order valence-corrected chi connectivity index (χ1v) is 11.6. The molecule has 0 radical (unpaired) electrons. The van der Waals surface area contributed by atoms with Crippen molar-refractivity contribution < 1.29 is 19.1 Å². The zero-order chi connectivity index (χ0) is 23.2. The number of thioether (sulfide) groups is 1. The Morgan fingerprint density at radius 1 is 1.09 bits per heavy atom. The summed E-state index contributed by atoms with van der Waals surface area (Å²) in [5.74, 6) is 1.53. The van der Waals surface area contributed by atoms with E-state index in [9.17, 15) is 9.59 Å². The van der Waals surface area contributed by atoms with Gasteiger partial charge in [0.1, 0.15) is 6.61 Å². The highest BCUT2D eigenvalue weighted by atomic mass is 32.2. The predicted octanol–water partition coefficient (Wildman–Crippen LogP) is 2.74. The minimum atomic E-state index is -0.393. The molecule has 0 saturated carbocycles. The van der Waals surface area contributed by atoms with Gasteiger partial charge in [-0.2, -0.15) is 0 Å². The molecule has 2 N–H and O–H groups in total. The van der Waals surface area contributed by atoms with E-state index in [-0.39, 0.29) is 24.1 Å². The molecule has 2 heterocycles. The SMILES string of the molecule is CCc1ccccc1NC(=O)CNC(=O)CSc1nnc(C2COc3ccccc3O2)n1C. The number of hydrogen-bond acceptors (Lipinski definition) is 7. The van der Waals surface area contributed by atoms with Crippen molar-refractivity contribution in [2.75, 3.05) is 24.2 Å². The average molecular weight is 468 g/mol. The lowest BCUT2D eigenvalue weighted by Crippen LogP contribution is -2.34. The smallest absolute Gasteiger partial charge is 0.243 e. The van der Waals surface area contributed by atoms with E-state index >= 15 is 0 Å². The van der Waals surface area contributed by atoms with Crippen molar-refractivity contribution in [1.29, 1.82) is 0 Å². The van der Waals surface area contributed by atoms with Crippen molar-refractivity contribution in [3.63, 3.8) is 0 Å². The molecule has 0 aliphatic carbocycles. The van der Waals surface area contributed by atoms with Crippen LogP contribution in [-0.2, 0) is 23.1 Å². The van der Waals surface area contributed by atoms with Crippen LogP contribution in [0.3, 0.4) is 0 Å². The Labute approximate surface area is 195 Å². The van der Waals surface area contributed by atoms with Crippen molar-refractivity contribution in [2.24, 2.45) is 7.05 Å². The molecule has 2 aromatic carbocycles. The summed E-state index contributed by atoms with van der Waals surface area (Å²) in [5, 5.41) is 14.4. The Bertz CT molecular complexity index is 1150. The summed E-state index contributed by atoms with van der Waals surface area (Å²) in [4.78, 5) is 24.4. The number of ether oxygens (including phenoxy) is 2. The maximum Gasteiger partial charge on any atom is 0.243 e. The highest BCUT2D eigenvalue weighted by molar-refractivity contribution is 7.99. The van der Waals surface area contributed by atoms with Crippen LogP contribution in [0.15, 0.2) is 53.7 Å². The Morgan fingerprint density at radius 3 is 2.67 bits per heavy atom. The summed E-state index contributed by atoms with van der Waals surface area (Å²) in [6.45, 7) is 2.24. The van der Waals surface area contributed by atoms with Gasteiger partial charge >= 0.3 is 0 Å². The topological polar surface area (TPSA) is 107 Å². The fraction of sp³-hybridized carbons (Fsp3) is 0.304. The molecule has 1 aliphatic rings. The van der Waals surface area contributed by atoms with Crippen LogP contribution in [0.5, 0.6) is 11.5 Å².